The molecule has 0 aliphatic rings. The maximum absolute atomic E-state index is 14.1. The molecule has 0 aliphatic carbocycles. The molecule has 0 amide bonds. The highest BCUT2D eigenvalue weighted by atomic mass is 19.1. The molecule has 8 heteroatoms. The summed E-state index contributed by atoms with van der Waals surface area (Å²) in [5.74, 6) is 0.00425. The Labute approximate surface area is 192 Å². The van der Waals surface area contributed by atoms with Crippen LogP contribution in [0.15, 0.2) is 42.7 Å². The summed E-state index contributed by atoms with van der Waals surface area (Å²) in [6.45, 7) is 4.48. The van der Waals surface area contributed by atoms with E-state index in [9.17, 15) is 9.18 Å². The standard InChI is InChI=1S/C25H28FN5O2/c1-16-21(25(17(2)32)28-30(16)5)10-11-33-23-12-19(26)7-8-22(23)18-6-9-24-27-13-20(15-29(3)4)31(24)14-18/h6-9,12-14H,10-11,15H2,1-5H3. The van der Waals surface area contributed by atoms with Gasteiger partial charge in [0, 0.05) is 61.6 Å². The predicted octanol–water partition coefficient (Wildman–Crippen LogP) is 4.07. The second kappa shape index (κ2) is 9.15. The van der Waals surface area contributed by atoms with E-state index >= 15 is 0 Å². The van der Waals surface area contributed by atoms with Crippen LogP contribution in [0.5, 0.6) is 5.75 Å². The van der Waals surface area contributed by atoms with Crippen molar-refractivity contribution >= 4 is 11.4 Å². The van der Waals surface area contributed by atoms with Crippen molar-refractivity contribution < 1.29 is 13.9 Å². The SMILES string of the molecule is CC(=O)c1nn(C)c(C)c1CCOc1cc(F)ccc1-c1ccc2ncc(CN(C)C)n2c1. The van der Waals surface area contributed by atoms with Crippen molar-refractivity contribution in [2.45, 2.75) is 26.8 Å². The molecule has 0 N–H and O–H groups in total. The minimum Gasteiger partial charge on any atom is -0.492 e. The first kappa shape index (κ1) is 22.7. The van der Waals surface area contributed by atoms with Crippen LogP contribution in [0, 0.1) is 12.7 Å². The smallest absolute Gasteiger partial charge is 0.180 e. The Balaban J connectivity index is 1.62. The summed E-state index contributed by atoms with van der Waals surface area (Å²) in [5, 5.41) is 4.31. The van der Waals surface area contributed by atoms with Gasteiger partial charge in [-0.1, -0.05) is 0 Å². The van der Waals surface area contributed by atoms with Gasteiger partial charge in [0.15, 0.2) is 5.78 Å². The molecule has 0 spiro atoms. The first-order chi connectivity index (χ1) is 15.7. The van der Waals surface area contributed by atoms with E-state index in [2.05, 4.69) is 15.0 Å². The highest BCUT2D eigenvalue weighted by molar-refractivity contribution is 5.93. The number of carbonyl (C=O) groups excluding carboxylic acids is 1. The first-order valence-corrected chi connectivity index (χ1v) is 10.8. The summed E-state index contributed by atoms with van der Waals surface area (Å²) in [4.78, 5) is 18.5. The lowest BCUT2D eigenvalue weighted by Gasteiger charge is -2.14. The maximum Gasteiger partial charge on any atom is 0.180 e. The normalized spacial score (nSPS) is 11.5. The number of benzene rings is 1. The van der Waals surface area contributed by atoms with Crippen molar-refractivity contribution in [3.05, 3.63) is 71.2 Å². The van der Waals surface area contributed by atoms with Crippen molar-refractivity contribution in [2.75, 3.05) is 20.7 Å². The monoisotopic (exact) mass is 449 g/mol. The van der Waals surface area contributed by atoms with Gasteiger partial charge in [-0.25, -0.2) is 9.37 Å². The van der Waals surface area contributed by atoms with Crippen LogP contribution in [0.1, 0.15) is 34.4 Å². The van der Waals surface area contributed by atoms with E-state index < -0.39 is 0 Å². The molecular formula is C25H28FN5O2. The number of aryl methyl sites for hydroxylation is 1. The molecule has 0 atom stereocenters. The topological polar surface area (TPSA) is 64.7 Å². The number of carbonyl (C=O) groups is 1. The highest BCUT2D eigenvalue weighted by Crippen LogP contribution is 2.31. The zero-order valence-corrected chi connectivity index (χ0v) is 19.6. The molecular weight excluding hydrogens is 421 g/mol. The number of Topliss-reactive ketones (excluding diaryl/α,β-unsaturated/α-hetero) is 1. The lowest BCUT2D eigenvalue weighted by atomic mass is 10.1. The van der Waals surface area contributed by atoms with Crippen LogP contribution in [-0.4, -0.2) is 50.6 Å². The summed E-state index contributed by atoms with van der Waals surface area (Å²) in [6, 6.07) is 8.46. The Hall–Kier alpha value is -3.52. The fourth-order valence-corrected chi connectivity index (χ4v) is 3.98. The first-order valence-electron chi connectivity index (χ1n) is 10.8. The van der Waals surface area contributed by atoms with Crippen LogP contribution in [-0.2, 0) is 20.0 Å². The van der Waals surface area contributed by atoms with Crippen molar-refractivity contribution in [1.29, 1.82) is 0 Å². The molecule has 3 aromatic heterocycles. The number of nitrogens with zero attached hydrogens (tertiary/aromatic N) is 5. The number of hydrogen-bond acceptors (Lipinski definition) is 5. The second-order valence-electron chi connectivity index (χ2n) is 8.46. The third-order valence-electron chi connectivity index (χ3n) is 5.72. The zero-order valence-electron chi connectivity index (χ0n) is 19.6. The summed E-state index contributed by atoms with van der Waals surface area (Å²) >= 11 is 0. The molecule has 3 heterocycles. The number of pyridine rings is 1. The summed E-state index contributed by atoms with van der Waals surface area (Å²) in [5.41, 5.74) is 5.83. The number of rotatable bonds is 8. The molecule has 0 bridgehead atoms. The van der Waals surface area contributed by atoms with Crippen LogP contribution in [0.4, 0.5) is 4.39 Å². The van der Waals surface area contributed by atoms with E-state index in [-0.39, 0.29) is 11.6 Å². The molecule has 4 aromatic rings. The van der Waals surface area contributed by atoms with Crippen molar-refractivity contribution in [1.82, 2.24) is 24.1 Å². The van der Waals surface area contributed by atoms with E-state index in [1.807, 2.05) is 57.0 Å². The Morgan fingerprint density at radius 2 is 2.00 bits per heavy atom. The summed E-state index contributed by atoms with van der Waals surface area (Å²) < 4.78 is 23.9. The molecule has 0 radical (unpaired) electrons. The van der Waals surface area contributed by atoms with Crippen LogP contribution < -0.4 is 4.74 Å². The van der Waals surface area contributed by atoms with Gasteiger partial charge in [-0.3, -0.25) is 9.48 Å². The molecule has 0 aliphatic heterocycles. The lowest BCUT2D eigenvalue weighted by molar-refractivity contribution is 0.101. The minimum absolute atomic E-state index is 0.0812. The third kappa shape index (κ3) is 4.66. The van der Waals surface area contributed by atoms with Gasteiger partial charge >= 0.3 is 0 Å². The number of aromatic nitrogens is 4. The van der Waals surface area contributed by atoms with Crippen LogP contribution in [0.2, 0.25) is 0 Å². The molecule has 0 fully saturated rings. The van der Waals surface area contributed by atoms with Crippen LogP contribution in [0.25, 0.3) is 16.8 Å². The Kier molecular flexibility index (Phi) is 6.29. The fourth-order valence-electron chi connectivity index (χ4n) is 3.98. The van der Waals surface area contributed by atoms with Crippen molar-refractivity contribution in [3.8, 4) is 16.9 Å². The highest BCUT2D eigenvalue weighted by Gasteiger charge is 2.17. The van der Waals surface area contributed by atoms with Gasteiger partial charge in [-0.15, -0.1) is 0 Å². The second-order valence-corrected chi connectivity index (χ2v) is 8.46. The maximum atomic E-state index is 14.1. The lowest BCUT2D eigenvalue weighted by Crippen LogP contribution is -2.12. The van der Waals surface area contributed by atoms with E-state index in [1.54, 1.807) is 10.7 Å². The van der Waals surface area contributed by atoms with Crippen molar-refractivity contribution in [2.24, 2.45) is 7.05 Å². The van der Waals surface area contributed by atoms with Crippen molar-refractivity contribution in [3.63, 3.8) is 0 Å². The molecule has 0 unspecified atom stereocenters. The van der Waals surface area contributed by atoms with Gasteiger partial charge in [0.05, 0.1) is 18.5 Å². The average molecular weight is 450 g/mol. The van der Waals surface area contributed by atoms with Gasteiger partial charge in [0.25, 0.3) is 0 Å². The number of halogens is 1. The van der Waals surface area contributed by atoms with Gasteiger partial charge in [0.2, 0.25) is 0 Å². The number of imidazole rings is 1. The number of ether oxygens (including phenoxy) is 1. The third-order valence-corrected chi connectivity index (χ3v) is 5.72. The van der Waals surface area contributed by atoms with Gasteiger partial charge in [-0.2, -0.15) is 5.10 Å². The Morgan fingerprint density at radius 3 is 2.73 bits per heavy atom. The summed E-state index contributed by atoms with van der Waals surface area (Å²) in [6.07, 6.45) is 4.36. The quantitative estimate of drug-likeness (QED) is 0.380. The fraction of sp³-hybridized carbons (Fsp3) is 0.320. The van der Waals surface area contributed by atoms with Gasteiger partial charge in [0.1, 0.15) is 22.9 Å². The molecule has 0 saturated heterocycles. The molecule has 33 heavy (non-hydrogen) atoms. The van der Waals surface area contributed by atoms with E-state index in [4.69, 9.17) is 4.74 Å². The molecule has 1 aromatic carbocycles. The predicted molar refractivity (Wildman–Crippen MR) is 125 cm³/mol. The number of ketones is 1. The van der Waals surface area contributed by atoms with Crippen LogP contribution >= 0.6 is 0 Å². The Bertz CT molecular complexity index is 1320. The number of hydrogen-bond donors (Lipinski definition) is 0. The number of fused-ring (bicyclic) bond motifs is 1. The largest absolute Gasteiger partial charge is 0.492 e. The zero-order chi connectivity index (χ0) is 23.7. The summed E-state index contributed by atoms with van der Waals surface area (Å²) in [7, 11) is 5.83. The van der Waals surface area contributed by atoms with E-state index in [0.717, 1.165) is 40.3 Å². The average Bonchev–Trinajstić information content (AvgIpc) is 3.29. The minimum atomic E-state index is -0.368. The van der Waals surface area contributed by atoms with E-state index in [1.165, 1.54) is 19.1 Å². The van der Waals surface area contributed by atoms with E-state index in [0.29, 0.717) is 24.5 Å². The molecule has 4 rings (SSSR count). The van der Waals surface area contributed by atoms with Crippen LogP contribution in [0.3, 0.4) is 0 Å². The molecule has 7 nitrogen and oxygen atoms in total. The Morgan fingerprint density at radius 1 is 1.21 bits per heavy atom. The van der Waals surface area contributed by atoms with Gasteiger partial charge in [-0.05, 0) is 45.3 Å². The van der Waals surface area contributed by atoms with Gasteiger partial charge < -0.3 is 14.0 Å². The molecule has 172 valence electrons. The molecule has 0 saturated carbocycles.